The summed E-state index contributed by atoms with van der Waals surface area (Å²) in [5, 5.41) is 3.40. The number of hydrogen-bond acceptors (Lipinski definition) is 3. The topological polar surface area (TPSA) is 30.5 Å². The highest BCUT2D eigenvalue weighted by Crippen LogP contribution is 2.39. The highest BCUT2D eigenvalue weighted by Gasteiger charge is 2.26. The highest BCUT2D eigenvalue weighted by atomic mass is 19.1. The highest BCUT2D eigenvalue weighted by molar-refractivity contribution is 5.52. The number of nitrogens with one attached hydrogen (secondary N) is 1. The Morgan fingerprint density at radius 1 is 1.00 bits per heavy atom. The fourth-order valence-electron chi connectivity index (χ4n) is 3.08. The Bertz CT molecular complexity index is 686. The molecule has 1 N–H and O–H groups in total. The molecule has 0 aliphatic carbocycles. The monoisotopic (exact) mass is 285 g/mol. The van der Waals surface area contributed by atoms with Crippen LogP contribution in [0.2, 0.25) is 0 Å². The van der Waals surface area contributed by atoms with Crippen LogP contribution in [0.5, 0.6) is 11.5 Å². The van der Waals surface area contributed by atoms with Gasteiger partial charge in [-0.2, -0.15) is 0 Å². The molecule has 3 nitrogen and oxygen atoms in total. The maximum atomic E-state index is 14.1. The first kappa shape index (κ1) is 12.7. The summed E-state index contributed by atoms with van der Waals surface area (Å²) in [5.41, 5.74) is 2.96. The van der Waals surface area contributed by atoms with Crippen LogP contribution in [-0.2, 0) is 6.42 Å². The molecule has 21 heavy (non-hydrogen) atoms. The predicted molar refractivity (Wildman–Crippen MR) is 77.4 cm³/mol. The molecule has 2 heterocycles. The maximum Gasteiger partial charge on any atom is 0.161 e. The average molecular weight is 285 g/mol. The SMILES string of the molecule is Fc1ccccc1[C@@H]1NCCc2cc3c(cc21)OCCO3. The molecule has 0 amide bonds. The average Bonchev–Trinajstić information content (AvgIpc) is 2.53. The van der Waals surface area contributed by atoms with Gasteiger partial charge in [-0.05, 0) is 35.7 Å². The molecule has 4 heteroatoms. The lowest BCUT2D eigenvalue weighted by atomic mass is 9.89. The molecular formula is C17H16FNO2. The minimum Gasteiger partial charge on any atom is -0.486 e. The minimum absolute atomic E-state index is 0.134. The zero-order chi connectivity index (χ0) is 14.2. The van der Waals surface area contributed by atoms with Gasteiger partial charge in [-0.15, -0.1) is 0 Å². The summed E-state index contributed by atoms with van der Waals surface area (Å²) in [5.74, 6) is 1.37. The zero-order valence-electron chi connectivity index (χ0n) is 11.6. The second kappa shape index (κ2) is 5.04. The predicted octanol–water partition coefficient (Wildman–Crippen LogP) is 2.83. The quantitative estimate of drug-likeness (QED) is 0.874. The van der Waals surface area contributed by atoms with Crippen LogP contribution in [0.3, 0.4) is 0 Å². The van der Waals surface area contributed by atoms with E-state index < -0.39 is 0 Å². The molecule has 0 aromatic heterocycles. The van der Waals surface area contributed by atoms with Crippen LogP contribution in [0.1, 0.15) is 22.7 Å². The van der Waals surface area contributed by atoms with Crippen molar-refractivity contribution in [1.29, 1.82) is 0 Å². The summed E-state index contributed by atoms with van der Waals surface area (Å²) >= 11 is 0. The summed E-state index contributed by atoms with van der Waals surface area (Å²) in [7, 11) is 0. The van der Waals surface area contributed by atoms with Crippen LogP contribution in [-0.4, -0.2) is 19.8 Å². The van der Waals surface area contributed by atoms with Crippen LogP contribution in [0.15, 0.2) is 36.4 Å². The van der Waals surface area contributed by atoms with Crippen molar-refractivity contribution in [3.8, 4) is 11.5 Å². The van der Waals surface area contributed by atoms with Gasteiger partial charge in [0.15, 0.2) is 11.5 Å². The third-order valence-electron chi connectivity index (χ3n) is 4.07. The summed E-state index contributed by atoms with van der Waals surface area (Å²) < 4.78 is 25.4. The molecule has 0 saturated carbocycles. The summed E-state index contributed by atoms with van der Waals surface area (Å²) in [6.07, 6.45) is 0.914. The minimum atomic E-state index is -0.183. The van der Waals surface area contributed by atoms with Gasteiger partial charge in [-0.25, -0.2) is 4.39 Å². The molecular weight excluding hydrogens is 269 g/mol. The van der Waals surface area contributed by atoms with Crippen molar-refractivity contribution in [3.63, 3.8) is 0 Å². The first-order chi connectivity index (χ1) is 10.3. The van der Waals surface area contributed by atoms with Crippen molar-refractivity contribution >= 4 is 0 Å². The summed E-state index contributed by atoms with van der Waals surface area (Å²) in [6.45, 7) is 1.97. The second-order valence-electron chi connectivity index (χ2n) is 5.35. The lowest BCUT2D eigenvalue weighted by Crippen LogP contribution is -2.31. The van der Waals surface area contributed by atoms with E-state index in [-0.39, 0.29) is 11.9 Å². The summed E-state index contributed by atoms with van der Waals surface area (Å²) in [4.78, 5) is 0. The molecule has 2 aromatic carbocycles. The molecule has 2 aromatic rings. The zero-order valence-corrected chi connectivity index (χ0v) is 11.6. The fraction of sp³-hybridized carbons (Fsp3) is 0.294. The van der Waals surface area contributed by atoms with E-state index in [2.05, 4.69) is 5.32 Å². The molecule has 0 radical (unpaired) electrons. The number of fused-ring (bicyclic) bond motifs is 2. The van der Waals surface area contributed by atoms with Crippen molar-refractivity contribution in [2.75, 3.05) is 19.8 Å². The van der Waals surface area contributed by atoms with Gasteiger partial charge in [0, 0.05) is 12.1 Å². The molecule has 2 aliphatic heterocycles. The Morgan fingerprint density at radius 3 is 2.57 bits per heavy atom. The van der Waals surface area contributed by atoms with Gasteiger partial charge in [-0.1, -0.05) is 18.2 Å². The molecule has 0 saturated heterocycles. The van der Waals surface area contributed by atoms with Gasteiger partial charge in [0.05, 0.1) is 6.04 Å². The van der Waals surface area contributed by atoms with Gasteiger partial charge >= 0.3 is 0 Å². The van der Waals surface area contributed by atoms with Crippen molar-refractivity contribution < 1.29 is 13.9 Å². The Hall–Kier alpha value is -2.07. The van der Waals surface area contributed by atoms with Crippen molar-refractivity contribution in [2.45, 2.75) is 12.5 Å². The molecule has 0 bridgehead atoms. The largest absolute Gasteiger partial charge is 0.486 e. The fourth-order valence-corrected chi connectivity index (χ4v) is 3.08. The number of ether oxygens (including phenoxy) is 2. The summed E-state index contributed by atoms with van der Waals surface area (Å²) in [6, 6.07) is 10.8. The molecule has 0 spiro atoms. The van der Waals surface area contributed by atoms with Gasteiger partial charge in [0.25, 0.3) is 0 Å². The van der Waals surface area contributed by atoms with E-state index in [1.54, 1.807) is 6.07 Å². The normalized spacial score (nSPS) is 20.0. The number of hydrogen-bond donors (Lipinski definition) is 1. The van der Waals surface area contributed by atoms with Gasteiger partial charge < -0.3 is 14.8 Å². The van der Waals surface area contributed by atoms with E-state index >= 15 is 0 Å². The lowest BCUT2D eigenvalue weighted by Gasteiger charge is -2.30. The molecule has 2 aliphatic rings. The van der Waals surface area contributed by atoms with E-state index in [0.29, 0.717) is 18.8 Å². The lowest BCUT2D eigenvalue weighted by molar-refractivity contribution is 0.171. The molecule has 4 rings (SSSR count). The van der Waals surface area contributed by atoms with Gasteiger partial charge in [0.1, 0.15) is 19.0 Å². The Labute approximate surface area is 122 Å². The molecule has 0 fully saturated rings. The van der Waals surface area contributed by atoms with Gasteiger partial charge in [-0.3, -0.25) is 0 Å². The van der Waals surface area contributed by atoms with Crippen molar-refractivity contribution in [3.05, 3.63) is 58.9 Å². The van der Waals surface area contributed by atoms with E-state index in [1.165, 1.54) is 11.6 Å². The Kier molecular flexibility index (Phi) is 3.04. The first-order valence-electron chi connectivity index (χ1n) is 7.23. The maximum absolute atomic E-state index is 14.1. The third-order valence-corrected chi connectivity index (χ3v) is 4.07. The molecule has 1 atom stereocenters. The van der Waals surface area contributed by atoms with Crippen LogP contribution in [0.4, 0.5) is 4.39 Å². The van der Waals surface area contributed by atoms with E-state index in [9.17, 15) is 4.39 Å². The van der Waals surface area contributed by atoms with Crippen LogP contribution < -0.4 is 14.8 Å². The molecule has 0 unspecified atom stereocenters. The first-order valence-corrected chi connectivity index (χ1v) is 7.23. The van der Waals surface area contributed by atoms with Gasteiger partial charge in [0.2, 0.25) is 0 Å². The van der Waals surface area contributed by atoms with E-state index in [1.807, 2.05) is 24.3 Å². The van der Waals surface area contributed by atoms with E-state index in [0.717, 1.165) is 30.0 Å². The number of benzene rings is 2. The number of rotatable bonds is 1. The van der Waals surface area contributed by atoms with Crippen molar-refractivity contribution in [2.24, 2.45) is 0 Å². The Balaban J connectivity index is 1.82. The Morgan fingerprint density at radius 2 is 1.76 bits per heavy atom. The second-order valence-corrected chi connectivity index (χ2v) is 5.35. The standard InChI is InChI=1S/C17H16FNO2/c18-14-4-2-1-3-12(14)17-13-10-16-15(20-7-8-21-16)9-11(13)5-6-19-17/h1-4,9-10,17,19H,5-8H2/t17-/m0/s1. The van der Waals surface area contributed by atoms with Crippen LogP contribution in [0, 0.1) is 5.82 Å². The van der Waals surface area contributed by atoms with Crippen molar-refractivity contribution in [1.82, 2.24) is 5.32 Å². The molecule has 108 valence electrons. The number of halogens is 1. The third kappa shape index (κ3) is 2.16. The van der Waals surface area contributed by atoms with E-state index in [4.69, 9.17) is 9.47 Å². The van der Waals surface area contributed by atoms with Crippen LogP contribution in [0.25, 0.3) is 0 Å². The van der Waals surface area contributed by atoms with Crippen LogP contribution >= 0.6 is 0 Å². The smallest absolute Gasteiger partial charge is 0.161 e.